The Labute approximate surface area is 111 Å². The fourth-order valence-electron chi connectivity index (χ4n) is 1.36. The van der Waals surface area contributed by atoms with E-state index < -0.39 is 17.6 Å². The van der Waals surface area contributed by atoms with Gasteiger partial charge >= 0.3 is 6.18 Å². The minimum atomic E-state index is -4.43. The Hall–Kier alpha value is -1.82. The van der Waals surface area contributed by atoms with E-state index in [1.165, 1.54) is 18.2 Å². The summed E-state index contributed by atoms with van der Waals surface area (Å²) < 4.78 is 49.9. The van der Waals surface area contributed by atoms with Crippen molar-refractivity contribution >= 4 is 23.1 Å². The zero-order chi connectivity index (χ0) is 14.0. The predicted octanol–water partition coefficient (Wildman–Crippen LogP) is 4.64. The molecule has 0 atom stereocenters. The maximum atomic E-state index is 12.9. The number of rotatable bonds is 2. The average Bonchev–Trinajstić information content (AvgIpc) is 2.33. The molecule has 0 radical (unpaired) electrons. The number of aromatic nitrogens is 1. The summed E-state index contributed by atoms with van der Waals surface area (Å²) in [6, 6.07) is 5.95. The third-order valence-electron chi connectivity index (χ3n) is 2.28. The van der Waals surface area contributed by atoms with Crippen LogP contribution in [-0.2, 0) is 6.18 Å². The molecule has 0 unspecified atom stereocenters. The first-order valence-electron chi connectivity index (χ1n) is 5.11. The molecule has 0 aliphatic carbocycles. The summed E-state index contributed by atoms with van der Waals surface area (Å²) in [7, 11) is 0. The van der Waals surface area contributed by atoms with Gasteiger partial charge in [-0.1, -0.05) is 11.6 Å². The highest BCUT2D eigenvalue weighted by Gasteiger charge is 2.30. The summed E-state index contributed by atoms with van der Waals surface area (Å²) in [5.41, 5.74) is -0.408. The lowest BCUT2D eigenvalue weighted by molar-refractivity contribution is -0.137. The SMILES string of the molecule is Fc1ccc(Nc2ccc(C(F)(F)F)cn2)cc1Cl. The molecule has 1 N–H and O–H groups in total. The van der Waals surface area contributed by atoms with E-state index in [0.29, 0.717) is 11.9 Å². The maximum Gasteiger partial charge on any atom is 0.417 e. The molecule has 2 rings (SSSR count). The summed E-state index contributed by atoms with van der Waals surface area (Å²) >= 11 is 5.58. The molecule has 0 aliphatic heterocycles. The van der Waals surface area contributed by atoms with Crippen molar-refractivity contribution in [3.63, 3.8) is 0 Å². The minimum absolute atomic E-state index is 0.0862. The molecule has 0 spiro atoms. The Kier molecular flexibility index (Phi) is 3.61. The number of benzene rings is 1. The third-order valence-corrected chi connectivity index (χ3v) is 2.57. The van der Waals surface area contributed by atoms with Crippen LogP contribution in [0.1, 0.15) is 5.56 Å². The van der Waals surface area contributed by atoms with Crippen molar-refractivity contribution in [3.05, 3.63) is 52.9 Å². The molecule has 19 heavy (non-hydrogen) atoms. The summed E-state index contributed by atoms with van der Waals surface area (Å²) in [5, 5.41) is 2.63. The standard InChI is InChI=1S/C12H7ClF4N2/c13-9-5-8(2-3-10(9)14)19-11-4-1-7(6-18-11)12(15,16)17/h1-6H,(H,18,19). The Morgan fingerprint density at radius 1 is 1.11 bits per heavy atom. The molecule has 1 aromatic carbocycles. The Morgan fingerprint density at radius 2 is 1.84 bits per heavy atom. The highest BCUT2D eigenvalue weighted by Crippen LogP contribution is 2.29. The average molecular weight is 291 g/mol. The molecule has 2 nitrogen and oxygen atoms in total. The molecule has 0 saturated carbocycles. The van der Waals surface area contributed by atoms with E-state index in [9.17, 15) is 17.6 Å². The van der Waals surface area contributed by atoms with Gasteiger partial charge in [-0.15, -0.1) is 0 Å². The normalized spacial score (nSPS) is 11.4. The Morgan fingerprint density at radius 3 is 2.37 bits per heavy atom. The van der Waals surface area contributed by atoms with E-state index in [4.69, 9.17) is 11.6 Å². The highest BCUT2D eigenvalue weighted by atomic mass is 35.5. The van der Waals surface area contributed by atoms with E-state index >= 15 is 0 Å². The van der Waals surface area contributed by atoms with Crippen LogP contribution < -0.4 is 5.32 Å². The first-order chi connectivity index (χ1) is 8.86. The number of hydrogen-bond donors (Lipinski definition) is 1. The van der Waals surface area contributed by atoms with Crippen LogP contribution in [-0.4, -0.2) is 4.98 Å². The lowest BCUT2D eigenvalue weighted by Crippen LogP contribution is -2.05. The summed E-state index contributed by atoms with van der Waals surface area (Å²) in [4.78, 5) is 3.62. The third kappa shape index (κ3) is 3.35. The summed E-state index contributed by atoms with van der Waals surface area (Å²) in [6.45, 7) is 0. The van der Waals surface area contributed by atoms with Crippen LogP contribution >= 0.6 is 11.6 Å². The Balaban J connectivity index is 2.17. The molecule has 7 heteroatoms. The second-order valence-corrected chi connectivity index (χ2v) is 4.09. The Bertz CT molecular complexity index is 581. The van der Waals surface area contributed by atoms with Gasteiger partial charge in [0, 0.05) is 11.9 Å². The van der Waals surface area contributed by atoms with Gasteiger partial charge in [0.2, 0.25) is 0 Å². The zero-order valence-corrected chi connectivity index (χ0v) is 10.1. The van der Waals surface area contributed by atoms with Gasteiger partial charge in [0.05, 0.1) is 10.6 Å². The van der Waals surface area contributed by atoms with Gasteiger partial charge in [-0.05, 0) is 30.3 Å². The first kappa shape index (κ1) is 13.6. The van der Waals surface area contributed by atoms with Gasteiger partial charge in [0.1, 0.15) is 11.6 Å². The molecule has 100 valence electrons. The molecular weight excluding hydrogens is 284 g/mol. The molecule has 0 amide bonds. The van der Waals surface area contributed by atoms with E-state index in [-0.39, 0.29) is 10.8 Å². The quantitative estimate of drug-likeness (QED) is 0.815. The van der Waals surface area contributed by atoms with Gasteiger partial charge in [-0.2, -0.15) is 13.2 Å². The number of nitrogens with zero attached hydrogens (tertiary/aromatic N) is 1. The number of anilines is 2. The van der Waals surface area contributed by atoms with E-state index in [0.717, 1.165) is 12.1 Å². The maximum absolute atomic E-state index is 12.9. The molecule has 1 aromatic heterocycles. The van der Waals surface area contributed by atoms with Gasteiger partial charge in [0.25, 0.3) is 0 Å². The van der Waals surface area contributed by atoms with E-state index in [2.05, 4.69) is 10.3 Å². The number of nitrogens with one attached hydrogen (secondary N) is 1. The van der Waals surface area contributed by atoms with Crippen molar-refractivity contribution in [1.29, 1.82) is 0 Å². The number of alkyl halides is 3. The smallest absolute Gasteiger partial charge is 0.340 e. The van der Waals surface area contributed by atoms with Crippen molar-refractivity contribution in [2.45, 2.75) is 6.18 Å². The second kappa shape index (κ2) is 5.05. The molecule has 0 saturated heterocycles. The van der Waals surface area contributed by atoms with Crippen LogP contribution in [0.25, 0.3) is 0 Å². The highest BCUT2D eigenvalue weighted by molar-refractivity contribution is 6.31. The molecule has 2 aromatic rings. The molecular formula is C12H7ClF4N2. The molecule has 1 heterocycles. The van der Waals surface area contributed by atoms with Gasteiger partial charge < -0.3 is 5.32 Å². The van der Waals surface area contributed by atoms with E-state index in [1.807, 2.05) is 0 Å². The fraction of sp³-hybridized carbons (Fsp3) is 0.0833. The number of halogens is 5. The summed E-state index contributed by atoms with van der Waals surface area (Å²) in [5.74, 6) is -0.372. The minimum Gasteiger partial charge on any atom is -0.340 e. The van der Waals surface area contributed by atoms with Crippen molar-refractivity contribution in [1.82, 2.24) is 4.98 Å². The van der Waals surface area contributed by atoms with Gasteiger partial charge in [-0.25, -0.2) is 9.37 Å². The molecule has 0 bridgehead atoms. The lowest BCUT2D eigenvalue weighted by Gasteiger charge is -2.09. The molecule has 0 aliphatic rings. The van der Waals surface area contributed by atoms with Gasteiger partial charge in [0.15, 0.2) is 0 Å². The van der Waals surface area contributed by atoms with E-state index in [1.54, 1.807) is 0 Å². The van der Waals surface area contributed by atoms with Crippen molar-refractivity contribution in [2.75, 3.05) is 5.32 Å². The predicted molar refractivity (Wildman–Crippen MR) is 63.9 cm³/mol. The van der Waals surface area contributed by atoms with Crippen molar-refractivity contribution in [3.8, 4) is 0 Å². The van der Waals surface area contributed by atoms with Crippen molar-refractivity contribution < 1.29 is 17.6 Å². The van der Waals surface area contributed by atoms with Gasteiger partial charge in [-0.3, -0.25) is 0 Å². The topological polar surface area (TPSA) is 24.9 Å². The summed E-state index contributed by atoms with van der Waals surface area (Å²) in [6.07, 6.45) is -3.71. The number of hydrogen-bond acceptors (Lipinski definition) is 2. The second-order valence-electron chi connectivity index (χ2n) is 3.68. The fourth-order valence-corrected chi connectivity index (χ4v) is 1.54. The van der Waals surface area contributed by atoms with Crippen LogP contribution in [0, 0.1) is 5.82 Å². The lowest BCUT2D eigenvalue weighted by atomic mass is 10.2. The van der Waals surface area contributed by atoms with Crippen LogP contribution in [0.5, 0.6) is 0 Å². The van der Waals surface area contributed by atoms with Crippen molar-refractivity contribution in [2.24, 2.45) is 0 Å². The van der Waals surface area contributed by atoms with Crippen LogP contribution in [0.4, 0.5) is 29.1 Å². The van der Waals surface area contributed by atoms with Crippen LogP contribution in [0.15, 0.2) is 36.5 Å². The van der Waals surface area contributed by atoms with Crippen LogP contribution in [0.3, 0.4) is 0 Å². The first-order valence-corrected chi connectivity index (χ1v) is 5.49. The number of pyridine rings is 1. The monoisotopic (exact) mass is 290 g/mol. The molecule has 0 fully saturated rings. The van der Waals surface area contributed by atoms with Crippen LogP contribution in [0.2, 0.25) is 5.02 Å². The zero-order valence-electron chi connectivity index (χ0n) is 9.30. The largest absolute Gasteiger partial charge is 0.417 e.